The molecule has 0 radical (unpaired) electrons. The molecule has 1 aromatic heterocycles. The highest BCUT2D eigenvalue weighted by molar-refractivity contribution is 7.98. The minimum absolute atomic E-state index is 0.0996. The SMILES string of the molecule is O=C(CNCc1ccc(CSC(F)F)o1)N1CCCC1. The van der Waals surface area contributed by atoms with E-state index in [2.05, 4.69) is 5.32 Å². The Balaban J connectivity index is 1.67. The third-order valence-electron chi connectivity index (χ3n) is 3.10. The van der Waals surface area contributed by atoms with E-state index in [4.69, 9.17) is 4.42 Å². The molecule has 4 nitrogen and oxygen atoms in total. The van der Waals surface area contributed by atoms with Crippen LogP contribution in [-0.4, -0.2) is 36.2 Å². The zero-order valence-corrected chi connectivity index (χ0v) is 11.9. The number of amides is 1. The molecule has 0 saturated carbocycles. The fraction of sp³-hybridized carbons (Fsp3) is 0.615. The van der Waals surface area contributed by atoms with Gasteiger partial charge in [-0.1, -0.05) is 11.8 Å². The van der Waals surface area contributed by atoms with E-state index in [0.29, 0.717) is 29.8 Å². The molecule has 0 spiro atoms. The van der Waals surface area contributed by atoms with Gasteiger partial charge in [0.25, 0.3) is 5.76 Å². The Kier molecular flexibility index (Phi) is 5.85. The predicted octanol–water partition coefficient (Wildman–Crippen LogP) is 2.45. The molecular weight excluding hydrogens is 286 g/mol. The van der Waals surface area contributed by atoms with Crippen LogP contribution in [0.1, 0.15) is 24.4 Å². The normalized spacial score (nSPS) is 15.2. The maximum atomic E-state index is 12.0. The smallest absolute Gasteiger partial charge is 0.284 e. The number of nitrogens with one attached hydrogen (secondary N) is 1. The zero-order valence-electron chi connectivity index (χ0n) is 11.1. The summed E-state index contributed by atoms with van der Waals surface area (Å²) in [5, 5.41) is 3.02. The van der Waals surface area contributed by atoms with E-state index >= 15 is 0 Å². The van der Waals surface area contributed by atoms with Crippen LogP contribution in [0.5, 0.6) is 0 Å². The average Bonchev–Trinajstić information content (AvgIpc) is 3.08. The van der Waals surface area contributed by atoms with Crippen molar-refractivity contribution < 1.29 is 18.0 Å². The van der Waals surface area contributed by atoms with Crippen LogP contribution in [0.25, 0.3) is 0 Å². The molecule has 1 saturated heterocycles. The third kappa shape index (κ3) is 4.79. The van der Waals surface area contributed by atoms with Gasteiger partial charge in [-0.05, 0) is 25.0 Å². The van der Waals surface area contributed by atoms with E-state index < -0.39 is 5.76 Å². The van der Waals surface area contributed by atoms with Crippen LogP contribution >= 0.6 is 11.8 Å². The van der Waals surface area contributed by atoms with E-state index in [1.54, 1.807) is 12.1 Å². The number of alkyl halides is 2. The number of thioether (sulfide) groups is 1. The van der Waals surface area contributed by atoms with Crippen LogP contribution in [0.2, 0.25) is 0 Å². The van der Waals surface area contributed by atoms with Crippen LogP contribution in [0.3, 0.4) is 0 Å². The Hall–Kier alpha value is -1.08. The summed E-state index contributed by atoms with van der Waals surface area (Å²) in [6.07, 6.45) is 2.16. The monoisotopic (exact) mass is 304 g/mol. The quantitative estimate of drug-likeness (QED) is 0.840. The molecule has 7 heteroatoms. The molecule has 0 atom stereocenters. The number of halogens is 2. The lowest BCUT2D eigenvalue weighted by atomic mass is 10.4. The van der Waals surface area contributed by atoms with Crippen LogP contribution in [0, 0.1) is 0 Å². The van der Waals surface area contributed by atoms with Crippen molar-refractivity contribution in [3.8, 4) is 0 Å². The highest BCUT2D eigenvalue weighted by atomic mass is 32.2. The highest BCUT2D eigenvalue weighted by Crippen LogP contribution is 2.21. The number of hydrogen-bond acceptors (Lipinski definition) is 4. The first-order valence-corrected chi connectivity index (χ1v) is 7.66. The first-order valence-electron chi connectivity index (χ1n) is 6.61. The summed E-state index contributed by atoms with van der Waals surface area (Å²) in [7, 11) is 0. The molecule has 1 N–H and O–H groups in total. The summed E-state index contributed by atoms with van der Waals surface area (Å²) in [5.74, 6) is -0.950. The van der Waals surface area contributed by atoms with E-state index in [1.165, 1.54) is 0 Å². The van der Waals surface area contributed by atoms with Gasteiger partial charge in [-0.25, -0.2) is 0 Å². The van der Waals surface area contributed by atoms with Crippen LogP contribution in [0.4, 0.5) is 8.78 Å². The maximum Gasteiger partial charge on any atom is 0.284 e. The minimum Gasteiger partial charge on any atom is -0.464 e. The number of carbonyl (C=O) groups is 1. The van der Waals surface area contributed by atoms with Gasteiger partial charge in [0.1, 0.15) is 11.5 Å². The third-order valence-corrected chi connectivity index (χ3v) is 3.81. The lowest BCUT2D eigenvalue weighted by Crippen LogP contribution is -2.35. The lowest BCUT2D eigenvalue weighted by Gasteiger charge is -2.15. The Labute approximate surface area is 120 Å². The van der Waals surface area contributed by atoms with Crippen LogP contribution in [-0.2, 0) is 17.1 Å². The summed E-state index contributed by atoms with van der Waals surface area (Å²) in [4.78, 5) is 13.6. The van der Waals surface area contributed by atoms with E-state index in [0.717, 1.165) is 25.9 Å². The van der Waals surface area contributed by atoms with Crippen LogP contribution in [0.15, 0.2) is 16.5 Å². The number of rotatable bonds is 7. The maximum absolute atomic E-state index is 12.0. The summed E-state index contributed by atoms with van der Waals surface area (Å²) in [6.45, 7) is 2.40. The molecule has 1 aliphatic rings. The Morgan fingerprint density at radius 1 is 1.35 bits per heavy atom. The van der Waals surface area contributed by atoms with Gasteiger partial charge in [-0.2, -0.15) is 8.78 Å². The number of likely N-dealkylation sites (tertiary alicyclic amines) is 1. The number of hydrogen-bond donors (Lipinski definition) is 1. The van der Waals surface area contributed by atoms with Gasteiger partial charge >= 0.3 is 0 Å². The fourth-order valence-electron chi connectivity index (χ4n) is 2.11. The van der Waals surface area contributed by atoms with Crippen molar-refractivity contribution in [2.24, 2.45) is 0 Å². The highest BCUT2D eigenvalue weighted by Gasteiger charge is 2.17. The molecule has 20 heavy (non-hydrogen) atoms. The summed E-state index contributed by atoms with van der Waals surface area (Å²) in [6, 6.07) is 3.43. The second-order valence-corrected chi connectivity index (χ2v) is 5.61. The van der Waals surface area contributed by atoms with Crippen molar-refractivity contribution >= 4 is 17.7 Å². The largest absolute Gasteiger partial charge is 0.464 e. The standard InChI is InChI=1S/C13H18F2N2O2S/c14-13(15)20-9-11-4-3-10(19-11)7-16-8-12(18)17-5-1-2-6-17/h3-4,13,16H,1-2,5-9H2. The van der Waals surface area contributed by atoms with Gasteiger partial charge in [0.2, 0.25) is 5.91 Å². The Morgan fingerprint density at radius 2 is 2.05 bits per heavy atom. The topological polar surface area (TPSA) is 45.5 Å². The zero-order chi connectivity index (χ0) is 14.4. The van der Waals surface area contributed by atoms with Crippen molar-refractivity contribution in [1.82, 2.24) is 10.2 Å². The van der Waals surface area contributed by atoms with Gasteiger partial charge in [-0.3, -0.25) is 4.79 Å². The molecule has 2 heterocycles. The van der Waals surface area contributed by atoms with Crippen molar-refractivity contribution in [3.05, 3.63) is 23.7 Å². The first-order chi connectivity index (χ1) is 9.65. The number of furan rings is 1. The molecule has 2 rings (SSSR count). The van der Waals surface area contributed by atoms with Gasteiger partial charge in [0, 0.05) is 13.1 Å². The summed E-state index contributed by atoms with van der Waals surface area (Å²) >= 11 is 0.535. The van der Waals surface area contributed by atoms with Gasteiger partial charge in [0.15, 0.2) is 0 Å². The molecule has 0 unspecified atom stereocenters. The van der Waals surface area contributed by atoms with E-state index in [-0.39, 0.29) is 18.2 Å². The molecule has 112 valence electrons. The molecule has 0 aromatic carbocycles. The molecule has 1 amide bonds. The Morgan fingerprint density at radius 3 is 2.75 bits per heavy atom. The van der Waals surface area contributed by atoms with E-state index in [9.17, 15) is 13.6 Å². The van der Waals surface area contributed by atoms with Crippen molar-refractivity contribution in [2.45, 2.75) is 30.9 Å². The average molecular weight is 304 g/mol. The fourth-order valence-corrected chi connectivity index (χ4v) is 2.56. The first kappa shape index (κ1) is 15.3. The van der Waals surface area contributed by atoms with E-state index in [1.807, 2.05) is 4.90 Å². The van der Waals surface area contributed by atoms with Crippen LogP contribution < -0.4 is 5.32 Å². The van der Waals surface area contributed by atoms with Crippen molar-refractivity contribution in [3.63, 3.8) is 0 Å². The second-order valence-electron chi connectivity index (χ2n) is 4.63. The summed E-state index contributed by atoms with van der Waals surface area (Å²) < 4.78 is 29.5. The van der Waals surface area contributed by atoms with Gasteiger partial charge in [0.05, 0.1) is 18.8 Å². The Bertz CT molecular complexity index is 434. The molecule has 1 fully saturated rings. The molecule has 0 bridgehead atoms. The second kappa shape index (κ2) is 7.64. The molecule has 1 aromatic rings. The lowest BCUT2D eigenvalue weighted by molar-refractivity contribution is -0.129. The van der Waals surface area contributed by atoms with Crippen molar-refractivity contribution in [1.29, 1.82) is 0 Å². The predicted molar refractivity (Wildman–Crippen MR) is 73.5 cm³/mol. The summed E-state index contributed by atoms with van der Waals surface area (Å²) in [5.41, 5.74) is 0. The molecular formula is C13H18F2N2O2S. The van der Waals surface area contributed by atoms with Crippen molar-refractivity contribution in [2.75, 3.05) is 19.6 Å². The minimum atomic E-state index is -2.39. The molecule has 1 aliphatic heterocycles. The number of nitrogens with zero attached hydrogens (tertiary/aromatic N) is 1. The van der Waals surface area contributed by atoms with Gasteiger partial charge in [-0.15, -0.1) is 0 Å². The molecule has 0 aliphatic carbocycles. The number of carbonyl (C=O) groups excluding carboxylic acids is 1. The van der Waals surface area contributed by atoms with Gasteiger partial charge < -0.3 is 14.6 Å².